The van der Waals surface area contributed by atoms with Crippen molar-refractivity contribution in [1.82, 2.24) is 25.1 Å². The second-order valence-corrected chi connectivity index (χ2v) is 7.21. The molecule has 8 nitrogen and oxygen atoms in total. The maximum absolute atomic E-state index is 12.8. The highest BCUT2D eigenvalue weighted by molar-refractivity contribution is 6.06. The number of allylic oxidation sites excluding steroid dienone is 2. The summed E-state index contributed by atoms with van der Waals surface area (Å²) in [6, 6.07) is 0. The largest absolute Gasteiger partial charge is 0.355 e. The molecule has 0 radical (unpaired) electrons. The van der Waals surface area contributed by atoms with E-state index < -0.39 is 6.55 Å². The number of nitrogens with zero attached hydrogens (tertiary/aromatic N) is 4. The summed E-state index contributed by atoms with van der Waals surface area (Å²) in [6.45, 7) is -2.03. The van der Waals surface area contributed by atoms with Crippen LogP contribution in [0.3, 0.4) is 0 Å². The van der Waals surface area contributed by atoms with Crippen LogP contribution in [0.25, 0.3) is 0 Å². The number of imidazole rings is 1. The van der Waals surface area contributed by atoms with E-state index >= 15 is 0 Å². The van der Waals surface area contributed by atoms with Crippen molar-refractivity contribution < 1.29 is 18.4 Å². The zero-order valence-electron chi connectivity index (χ0n) is 15.4. The highest BCUT2D eigenvalue weighted by Gasteiger charge is 2.58. The summed E-state index contributed by atoms with van der Waals surface area (Å²) in [7, 11) is 1.55. The number of alkyl halides is 2. The van der Waals surface area contributed by atoms with Crippen LogP contribution >= 0.6 is 0 Å². The van der Waals surface area contributed by atoms with E-state index in [0.717, 1.165) is 11.0 Å². The molecular weight excluding hydrogens is 370 g/mol. The number of amides is 2. The van der Waals surface area contributed by atoms with Gasteiger partial charge in [0.25, 0.3) is 0 Å². The third kappa shape index (κ3) is 3.06. The number of carbonyl (C=O) groups is 2. The van der Waals surface area contributed by atoms with Gasteiger partial charge in [0.05, 0.1) is 18.4 Å². The number of halogens is 2. The van der Waals surface area contributed by atoms with E-state index in [9.17, 15) is 18.4 Å². The number of hydrogen-bond acceptors (Lipinski definition) is 4. The maximum atomic E-state index is 12.8. The second-order valence-electron chi connectivity index (χ2n) is 7.21. The topological polar surface area (TPSA) is 91.6 Å². The zero-order valence-corrected chi connectivity index (χ0v) is 15.4. The normalized spacial score (nSPS) is 28.6. The highest BCUT2D eigenvalue weighted by atomic mass is 19.3. The number of aliphatic imine (C=N–C) groups is 1. The van der Waals surface area contributed by atoms with Gasteiger partial charge < -0.3 is 10.6 Å². The molecule has 2 fully saturated rings. The van der Waals surface area contributed by atoms with Crippen molar-refractivity contribution in [1.29, 1.82) is 0 Å². The molecule has 1 aromatic rings. The van der Waals surface area contributed by atoms with E-state index in [1.165, 1.54) is 17.3 Å². The lowest BCUT2D eigenvalue weighted by molar-refractivity contribution is -0.140. The van der Waals surface area contributed by atoms with Gasteiger partial charge in [0, 0.05) is 32.5 Å². The molecule has 10 heteroatoms. The lowest BCUT2D eigenvalue weighted by atomic mass is 9.85. The van der Waals surface area contributed by atoms with E-state index in [0.29, 0.717) is 12.5 Å². The third-order valence-electron chi connectivity index (χ3n) is 5.79. The van der Waals surface area contributed by atoms with Crippen molar-refractivity contribution in [3.8, 4) is 0 Å². The molecule has 4 atom stereocenters. The molecule has 2 aliphatic carbocycles. The predicted octanol–water partition coefficient (Wildman–Crippen LogP) is 0.750. The van der Waals surface area contributed by atoms with Gasteiger partial charge in [-0.15, -0.1) is 0 Å². The number of guanidine groups is 1. The molecule has 150 valence electrons. The first kappa shape index (κ1) is 18.6. The Balaban J connectivity index is 1.28. The number of rotatable bonds is 6. The van der Waals surface area contributed by atoms with Crippen molar-refractivity contribution in [2.24, 2.45) is 28.7 Å². The number of hydrogen-bond donors (Lipinski definition) is 2. The summed E-state index contributed by atoms with van der Waals surface area (Å²) in [5.41, 5.74) is 0. The van der Waals surface area contributed by atoms with Gasteiger partial charge in [-0.1, -0.05) is 12.2 Å². The second kappa shape index (κ2) is 7.33. The molecule has 2 heterocycles. The van der Waals surface area contributed by atoms with E-state index in [4.69, 9.17) is 0 Å². The van der Waals surface area contributed by atoms with Crippen molar-refractivity contribution in [2.45, 2.75) is 19.5 Å². The predicted molar refractivity (Wildman–Crippen MR) is 96.1 cm³/mol. The summed E-state index contributed by atoms with van der Waals surface area (Å²) in [4.78, 5) is 34.5. The van der Waals surface area contributed by atoms with Crippen molar-refractivity contribution in [2.75, 3.05) is 20.1 Å². The highest BCUT2D eigenvalue weighted by Crippen LogP contribution is 2.52. The number of fused-ring (bicyclic) bond motifs is 5. The molecule has 0 spiro atoms. The van der Waals surface area contributed by atoms with E-state index in [2.05, 4.69) is 32.8 Å². The molecular formula is C18H22F2N6O2. The van der Waals surface area contributed by atoms with Gasteiger partial charge in [0.15, 0.2) is 5.96 Å². The number of likely N-dealkylation sites (tertiary alicyclic amines) is 1. The molecule has 2 amide bonds. The third-order valence-corrected chi connectivity index (χ3v) is 5.79. The van der Waals surface area contributed by atoms with Gasteiger partial charge in [-0.05, 0) is 18.3 Å². The minimum Gasteiger partial charge on any atom is -0.355 e. The molecule has 0 aromatic carbocycles. The molecule has 4 unspecified atom stereocenters. The van der Waals surface area contributed by atoms with Crippen molar-refractivity contribution in [3.05, 3.63) is 30.4 Å². The maximum Gasteiger partial charge on any atom is 0.319 e. The summed E-state index contributed by atoms with van der Waals surface area (Å²) in [5, 5.41) is 5.91. The van der Waals surface area contributed by atoms with Crippen LogP contribution in [-0.4, -0.2) is 52.4 Å². The smallest absolute Gasteiger partial charge is 0.319 e. The molecule has 3 aliphatic rings. The summed E-state index contributed by atoms with van der Waals surface area (Å²) in [5.74, 6) is 0.366. The molecule has 1 aliphatic heterocycles. The first-order chi connectivity index (χ1) is 13.5. The average Bonchev–Trinajstić information content (AvgIpc) is 3.44. The first-order valence-corrected chi connectivity index (χ1v) is 9.29. The van der Waals surface area contributed by atoms with Crippen LogP contribution in [0.2, 0.25) is 0 Å². The Kier molecular flexibility index (Phi) is 4.86. The summed E-state index contributed by atoms with van der Waals surface area (Å²) >= 11 is 0. The SMILES string of the molecule is CN=C(NCCN1C(=O)C2C3C=CC(C3)C2C1=O)NCc1nccn1C(F)F. The van der Waals surface area contributed by atoms with E-state index in [1.54, 1.807) is 7.05 Å². The molecule has 1 saturated heterocycles. The van der Waals surface area contributed by atoms with Gasteiger partial charge in [0.2, 0.25) is 11.8 Å². The first-order valence-electron chi connectivity index (χ1n) is 9.29. The van der Waals surface area contributed by atoms with Gasteiger partial charge in [-0.3, -0.25) is 24.0 Å². The molecule has 1 aromatic heterocycles. The van der Waals surface area contributed by atoms with Gasteiger partial charge in [-0.2, -0.15) is 8.78 Å². The molecule has 4 rings (SSSR count). The van der Waals surface area contributed by atoms with Crippen LogP contribution in [0.15, 0.2) is 29.5 Å². The Hall–Kier alpha value is -2.78. The monoisotopic (exact) mass is 392 g/mol. The Labute approximate surface area is 160 Å². The number of imide groups is 1. The minimum absolute atomic E-state index is 0.0672. The summed E-state index contributed by atoms with van der Waals surface area (Å²) in [6.07, 6.45) is 7.55. The van der Waals surface area contributed by atoms with Crippen LogP contribution in [0.4, 0.5) is 8.78 Å². The van der Waals surface area contributed by atoms with Crippen LogP contribution < -0.4 is 10.6 Å². The lowest BCUT2D eigenvalue weighted by Crippen LogP contribution is -2.43. The standard InChI is InChI=1S/C18H22F2N6O2/c1-21-18(24-9-12-22-4-6-25(12)17(19)20)23-5-7-26-15(27)13-10-2-3-11(8-10)14(13)16(26)28/h2-4,6,10-11,13-14,17H,5,7-9H2,1H3,(H2,21,23,24). The fourth-order valence-corrected chi connectivity index (χ4v) is 4.51. The van der Waals surface area contributed by atoms with Crippen molar-refractivity contribution >= 4 is 17.8 Å². The lowest BCUT2D eigenvalue weighted by Gasteiger charge is -2.18. The van der Waals surface area contributed by atoms with Crippen LogP contribution in [0, 0.1) is 23.7 Å². The van der Waals surface area contributed by atoms with Gasteiger partial charge in [-0.25, -0.2) is 4.98 Å². The quantitative estimate of drug-likeness (QED) is 0.323. The fourth-order valence-electron chi connectivity index (χ4n) is 4.51. The molecule has 1 saturated carbocycles. The van der Waals surface area contributed by atoms with Crippen LogP contribution in [0.1, 0.15) is 18.8 Å². The van der Waals surface area contributed by atoms with Crippen LogP contribution in [0.5, 0.6) is 0 Å². The molecule has 28 heavy (non-hydrogen) atoms. The minimum atomic E-state index is -2.66. The van der Waals surface area contributed by atoms with Crippen molar-refractivity contribution in [3.63, 3.8) is 0 Å². The fraction of sp³-hybridized carbons (Fsp3) is 0.556. The molecule has 2 N–H and O–H groups in total. The molecule has 2 bridgehead atoms. The van der Waals surface area contributed by atoms with Crippen LogP contribution in [-0.2, 0) is 16.1 Å². The number of aromatic nitrogens is 2. The number of carbonyl (C=O) groups excluding carboxylic acids is 2. The van der Waals surface area contributed by atoms with Gasteiger partial charge >= 0.3 is 6.55 Å². The van der Waals surface area contributed by atoms with Gasteiger partial charge in [0.1, 0.15) is 5.82 Å². The van der Waals surface area contributed by atoms with E-state index in [1.807, 2.05) is 0 Å². The average molecular weight is 392 g/mol. The Morgan fingerprint density at radius 3 is 2.54 bits per heavy atom. The number of nitrogens with one attached hydrogen (secondary N) is 2. The Bertz CT molecular complexity index is 806. The van der Waals surface area contributed by atoms with E-state index in [-0.39, 0.29) is 54.4 Å². The Morgan fingerprint density at radius 2 is 1.93 bits per heavy atom. The zero-order chi connectivity index (χ0) is 19.8. The summed E-state index contributed by atoms with van der Waals surface area (Å²) < 4.78 is 26.5. The Morgan fingerprint density at radius 1 is 1.25 bits per heavy atom.